The molecule has 0 saturated heterocycles. The summed E-state index contributed by atoms with van der Waals surface area (Å²) in [7, 11) is -4.49. The van der Waals surface area contributed by atoms with Crippen molar-refractivity contribution >= 4 is 15.8 Å². The van der Waals surface area contributed by atoms with Crippen LogP contribution in [0.4, 0.5) is 18.9 Å². The van der Waals surface area contributed by atoms with Crippen molar-refractivity contribution in [1.82, 2.24) is 0 Å². The number of benzene rings is 2. The van der Waals surface area contributed by atoms with Crippen LogP contribution in [0.15, 0.2) is 47.4 Å². The Bertz CT molecular complexity index is 980. The van der Waals surface area contributed by atoms with E-state index in [-0.39, 0.29) is 11.1 Å². The molecule has 2 aromatic rings. The average Bonchev–Trinajstić information content (AvgIpc) is 2.58. The Labute approximate surface area is 145 Å². The van der Waals surface area contributed by atoms with Crippen molar-refractivity contribution in [3.8, 4) is 6.07 Å². The summed E-state index contributed by atoms with van der Waals surface area (Å²) in [5.41, 5.74) is -1.95. The third-order valence-electron chi connectivity index (χ3n) is 3.30. The van der Waals surface area contributed by atoms with Gasteiger partial charge in [0, 0.05) is 6.07 Å². The zero-order valence-electron chi connectivity index (χ0n) is 12.7. The highest BCUT2D eigenvalue weighted by molar-refractivity contribution is 7.86. The molecule has 0 bridgehead atoms. The zero-order valence-corrected chi connectivity index (χ0v) is 13.5. The van der Waals surface area contributed by atoms with Gasteiger partial charge in [-0.25, -0.2) is 0 Å². The molecule has 0 unspecified atom stereocenters. The number of hydrogen-bond acceptors (Lipinski definition) is 6. The fraction of sp³-hybridized carbons (Fsp3) is 0.133. The predicted octanol–water partition coefficient (Wildman–Crippen LogP) is 3.39. The minimum atomic E-state index is -4.63. The van der Waals surface area contributed by atoms with Crippen molar-refractivity contribution in [1.29, 1.82) is 5.26 Å². The summed E-state index contributed by atoms with van der Waals surface area (Å²) in [6.45, 7) is -0.816. The van der Waals surface area contributed by atoms with Crippen molar-refractivity contribution < 1.29 is 30.7 Å². The number of hydrogen-bond donors (Lipinski definition) is 0. The molecular weight excluding hydrogens is 377 g/mol. The van der Waals surface area contributed by atoms with Gasteiger partial charge in [0.1, 0.15) is 0 Å². The van der Waals surface area contributed by atoms with Crippen LogP contribution in [0.3, 0.4) is 0 Å². The van der Waals surface area contributed by atoms with Crippen molar-refractivity contribution in [2.75, 3.05) is 0 Å². The number of halogens is 3. The lowest BCUT2D eigenvalue weighted by Gasteiger charge is -2.09. The SMILES string of the molecule is N#Cc1cccc([N+](=O)[O-])c1COS(=O)(=O)c1ccc(C(F)(F)F)cc1. The van der Waals surface area contributed by atoms with Crippen LogP contribution in [0.25, 0.3) is 0 Å². The molecule has 0 aliphatic heterocycles. The Morgan fingerprint density at radius 2 is 1.77 bits per heavy atom. The topological polar surface area (TPSA) is 110 Å². The van der Waals surface area contributed by atoms with E-state index >= 15 is 0 Å². The molecule has 11 heteroatoms. The Kier molecular flexibility index (Phi) is 5.29. The third kappa shape index (κ3) is 4.16. The molecule has 0 saturated carbocycles. The van der Waals surface area contributed by atoms with Crippen molar-refractivity contribution in [3.05, 3.63) is 69.3 Å². The van der Waals surface area contributed by atoms with E-state index < -0.39 is 44.0 Å². The minimum Gasteiger partial charge on any atom is -0.261 e. The quantitative estimate of drug-likeness (QED) is 0.442. The molecule has 0 radical (unpaired) electrons. The van der Waals surface area contributed by atoms with Gasteiger partial charge in [0.15, 0.2) is 0 Å². The molecule has 0 amide bonds. The van der Waals surface area contributed by atoms with Gasteiger partial charge >= 0.3 is 6.18 Å². The van der Waals surface area contributed by atoms with E-state index in [0.29, 0.717) is 24.3 Å². The molecule has 0 atom stereocenters. The molecule has 136 valence electrons. The molecule has 2 rings (SSSR count). The molecule has 0 aliphatic carbocycles. The van der Waals surface area contributed by atoms with Crippen LogP contribution >= 0.6 is 0 Å². The fourth-order valence-electron chi connectivity index (χ4n) is 2.02. The number of nitriles is 1. The Morgan fingerprint density at radius 1 is 1.15 bits per heavy atom. The van der Waals surface area contributed by atoms with Crippen LogP contribution in [-0.4, -0.2) is 13.3 Å². The highest BCUT2D eigenvalue weighted by Crippen LogP contribution is 2.30. The summed E-state index contributed by atoms with van der Waals surface area (Å²) in [4.78, 5) is 9.65. The van der Waals surface area contributed by atoms with Crippen LogP contribution in [0.2, 0.25) is 0 Å². The monoisotopic (exact) mass is 386 g/mol. The van der Waals surface area contributed by atoms with Crippen molar-refractivity contribution in [2.45, 2.75) is 17.7 Å². The van der Waals surface area contributed by atoms with Crippen LogP contribution in [0.1, 0.15) is 16.7 Å². The summed E-state index contributed by atoms with van der Waals surface area (Å²) < 4.78 is 66.4. The van der Waals surface area contributed by atoms with Crippen molar-refractivity contribution in [3.63, 3.8) is 0 Å². The zero-order chi connectivity index (χ0) is 19.5. The summed E-state index contributed by atoms with van der Waals surface area (Å²) in [6, 6.07) is 7.83. The van der Waals surface area contributed by atoms with E-state index in [4.69, 9.17) is 9.44 Å². The van der Waals surface area contributed by atoms with E-state index in [1.165, 1.54) is 12.1 Å². The Hall–Kier alpha value is -2.97. The van der Waals surface area contributed by atoms with E-state index in [1.54, 1.807) is 6.07 Å². The summed E-state index contributed by atoms with van der Waals surface area (Å²) in [6.07, 6.45) is -4.63. The highest BCUT2D eigenvalue weighted by atomic mass is 32.2. The lowest BCUT2D eigenvalue weighted by atomic mass is 10.1. The molecule has 0 heterocycles. The number of nitro benzene ring substituents is 1. The molecule has 0 spiro atoms. The largest absolute Gasteiger partial charge is 0.416 e. The third-order valence-corrected chi connectivity index (χ3v) is 4.57. The first-order chi connectivity index (χ1) is 12.1. The van der Waals surface area contributed by atoms with Gasteiger partial charge in [-0.1, -0.05) is 6.07 Å². The molecule has 0 fully saturated rings. The smallest absolute Gasteiger partial charge is 0.261 e. The lowest BCUT2D eigenvalue weighted by Crippen LogP contribution is -2.10. The van der Waals surface area contributed by atoms with Crippen molar-refractivity contribution in [2.24, 2.45) is 0 Å². The first kappa shape index (κ1) is 19.4. The fourth-order valence-corrected chi connectivity index (χ4v) is 2.90. The average molecular weight is 386 g/mol. The second-order valence-electron chi connectivity index (χ2n) is 4.91. The second-order valence-corrected chi connectivity index (χ2v) is 6.53. The highest BCUT2D eigenvalue weighted by Gasteiger charge is 2.31. The van der Waals surface area contributed by atoms with E-state index in [9.17, 15) is 31.7 Å². The summed E-state index contributed by atoms with van der Waals surface area (Å²) >= 11 is 0. The van der Waals surface area contributed by atoms with Gasteiger partial charge in [-0.3, -0.25) is 14.3 Å². The van der Waals surface area contributed by atoms with Gasteiger partial charge < -0.3 is 0 Å². The summed E-state index contributed by atoms with van der Waals surface area (Å²) in [5.74, 6) is 0. The minimum absolute atomic E-state index is 0.151. The Morgan fingerprint density at radius 3 is 2.27 bits per heavy atom. The maximum Gasteiger partial charge on any atom is 0.416 e. The van der Waals surface area contributed by atoms with E-state index in [0.717, 1.165) is 6.07 Å². The predicted molar refractivity (Wildman–Crippen MR) is 81.2 cm³/mol. The molecule has 2 aromatic carbocycles. The molecule has 0 aromatic heterocycles. The number of nitro groups is 1. The standard InChI is InChI=1S/C15H9F3N2O5S/c16-15(17,18)11-4-6-12(7-5-11)26(23,24)25-9-13-10(8-19)2-1-3-14(13)20(21)22/h1-7H,9H2. The van der Waals surface area contributed by atoms with E-state index in [2.05, 4.69) is 0 Å². The normalized spacial score (nSPS) is 11.8. The molecule has 7 nitrogen and oxygen atoms in total. The number of nitrogens with zero attached hydrogens (tertiary/aromatic N) is 2. The van der Waals surface area contributed by atoms with Crippen LogP contribution in [0, 0.1) is 21.4 Å². The number of alkyl halides is 3. The number of rotatable bonds is 5. The van der Waals surface area contributed by atoms with Gasteiger partial charge in [0.25, 0.3) is 15.8 Å². The maximum absolute atomic E-state index is 12.5. The molecule has 26 heavy (non-hydrogen) atoms. The molecule has 0 aliphatic rings. The van der Waals surface area contributed by atoms with Gasteiger partial charge in [-0.05, 0) is 30.3 Å². The van der Waals surface area contributed by atoms with Gasteiger partial charge in [0.2, 0.25) is 0 Å². The first-order valence-corrected chi connectivity index (χ1v) is 8.20. The molecular formula is C15H9F3N2O5S. The van der Waals surface area contributed by atoms with Crippen LogP contribution < -0.4 is 0 Å². The van der Waals surface area contributed by atoms with Crippen LogP contribution in [-0.2, 0) is 27.1 Å². The van der Waals surface area contributed by atoms with Gasteiger partial charge in [0.05, 0.1) is 39.2 Å². The lowest BCUT2D eigenvalue weighted by molar-refractivity contribution is -0.385. The maximum atomic E-state index is 12.5. The van der Waals surface area contributed by atoms with E-state index in [1.807, 2.05) is 0 Å². The van der Waals surface area contributed by atoms with Crippen LogP contribution in [0.5, 0.6) is 0 Å². The Balaban J connectivity index is 2.30. The second kappa shape index (κ2) is 7.11. The molecule has 0 N–H and O–H groups in total. The first-order valence-electron chi connectivity index (χ1n) is 6.79. The summed E-state index contributed by atoms with van der Waals surface area (Å²) in [5, 5.41) is 20.0. The van der Waals surface area contributed by atoms with Gasteiger partial charge in [-0.15, -0.1) is 0 Å². The van der Waals surface area contributed by atoms with Gasteiger partial charge in [-0.2, -0.15) is 26.9 Å².